The van der Waals surface area contributed by atoms with Crippen LogP contribution in [0.15, 0.2) is 0 Å². The van der Waals surface area contributed by atoms with Crippen molar-refractivity contribution in [1.29, 1.82) is 0 Å². The van der Waals surface area contributed by atoms with Crippen molar-refractivity contribution in [2.45, 2.75) is 0 Å². The van der Waals surface area contributed by atoms with Crippen LogP contribution in [0.4, 0.5) is 4.79 Å². The van der Waals surface area contributed by atoms with Crippen LogP contribution in [0.3, 0.4) is 0 Å². The van der Waals surface area contributed by atoms with Gasteiger partial charge in [0.05, 0.1) is 0 Å². The van der Waals surface area contributed by atoms with Gasteiger partial charge in [-0.05, 0) is 23.2 Å². The van der Waals surface area contributed by atoms with Gasteiger partial charge in [0.15, 0.2) is 0 Å². The molecule has 0 aliphatic rings. The highest BCUT2D eigenvalue weighted by Gasteiger charge is 1.72. The fourth-order valence-electron chi connectivity index (χ4n) is 0. The summed E-state index contributed by atoms with van der Waals surface area (Å²) < 4.78 is -0.889. The Balaban J connectivity index is -0.0000000450. The molecule has 0 aliphatic carbocycles. The average Bonchev–Trinajstić information content (AvgIpc) is 0.811. The van der Waals surface area contributed by atoms with E-state index in [4.69, 9.17) is 4.79 Å². The van der Waals surface area contributed by atoms with Gasteiger partial charge < -0.3 is 0 Å². The Hall–Kier alpha value is 0.830. The molecule has 0 aliphatic heterocycles. The molecule has 0 saturated carbocycles. The monoisotopic (exact) mass is 170 g/mol. The zero-order chi connectivity index (χ0) is 3.58. The molecule has 0 unspecified atom stereocenters. The molecule has 0 N–H and O–H groups in total. The molecule has 0 fully saturated rings. The molecule has 0 aromatic heterocycles. The SMILES string of the molecule is Cl.Cl.O=C(Cl)Cl. The van der Waals surface area contributed by atoms with Gasteiger partial charge in [0.2, 0.25) is 0 Å². The summed E-state index contributed by atoms with van der Waals surface area (Å²) in [5.74, 6) is 0. The van der Waals surface area contributed by atoms with Crippen molar-refractivity contribution < 1.29 is 4.79 Å². The van der Waals surface area contributed by atoms with E-state index in [-0.39, 0.29) is 24.8 Å². The highest BCUT2D eigenvalue weighted by molar-refractivity contribution is 6.93. The van der Waals surface area contributed by atoms with Crippen LogP contribution in [0.5, 0.6) is 0 Å². The third-order valence-corrected chi connectivity index (χ3v) is 0. The smallest absolute Gasteiger partial charge is 0.262 e. The van der Waals surface area contributed by atoms with Gasteiger partial charge in [-0.1, -0.05) is 0 Å². The number of carbonyl (C=O) groups excluding carboxylic acids is 1. The van der Waals surface area contributed by atoms with Crippen LogP contribution in [0.1, 0.15) is 0 Å². The first-order valence-corrected chi connectivity index (χ1v) is 1.34. The molecular weight excluding hydrogens is 170 g/mol. The summed E-state index contributed by atoms with van der Waals surface area (Å²) in [5, 5.41) is 0. The normalized spacial score (nSPS) is 4.33. The van der Waals surface area contributed by atoms with Crippen LogP contribution in [0.2, 0.25) is 0 Å². The molecular formula is CH2Cl4O. The van der Waals surface area contributed by atoms with Crippen molar-refractivity contribution >= 4 is 52.7 Å². The second kappa shape index (κ2) is 9.27. The van der Waals surface area contributed by atoms with Crippen LogP contribution >= 0.6 is 48.0 Å². The first kappa shape index (κ1) is 15.8. The molecule has 6 heavy (non-hydrogen) atoms. The largest absolute Gasteiger partial charge is 0.313 e. The van der Waals surface area contributed by atoms with Crippen LogP contribution < -0.4 is 0 Å². The van der Waals surface area contributed by atoms with Gasteiger partial charge in [-0.25, -0.2) is 0 Å². The molecule has 0 aromatic carbocycles. The summed E-state index contributed by atoms with van der Waals surface area (Å²) in [4.78, 5) is 8.98. The lowest BCUT2D eigenvalue weighted by atomic mass is 11.8. The van der Waals surface area contributed by atoms with E-state index < -0.39 is 4.70 Å². The first-order chi connectivity index (χ1) is 1.73. The summed E-state index contributed by atoms with van der Waals surface area (Å²) >= 11 is 8.80. The Morgan fingerprint density at radius 1 is 1.17 bits per heavy atom. The summed E-state index contributed by atoms with van der Waals surface area (Å²) in [6, 6.07) is 0. The molecule has 0 amide bonds. The number of hydrogen-bond acceptors (Lipinski definition) is 1. The van der Waals surface area contributed by atoms with Crippen LogP contribution in [-0.2, 0) is 0 Å². The lowest BCUT2D eigenvalue weighted by Gasteiger charge is -1.48. The fraction of sp³-hybridized carbons (Fsp3) is 0. The van der Waals surface area contributed by atoms with Crippen molar-refractivity contribution in [1.82, 2.24) is 0 Å². The molecule has 0 aromatic rings. The van der Waals surface area contributed by atoms with Crippen molar-refractivity contribution in [3.05, 3.63) is 0 Å². The molecule has 0 atom stereocenters. The number of halogens is 4. The molecule has 1 nitrogen and oxygen atoms in total. The predicted molar refractivity (Wildman–Crippen MR) is 31.6 cm³/mol. The highest BCUT2D eigenvalue weighted by atomic mass is 35.5. The standard InChI is InChI=1S/CCl2O.2ClH/c2-1(3)4;;/h;2*1H. The third-order valence-electron chi connectivity index (χ3n) is 0. The Morgan fingerprint density at radius 3 is 1.17 bits per heavy atom. The van der Waals surface area contributed by atoms with E-state index >= 15 is 0 Å². The summed E-state index contributed by atoms with van der Waals surface area (Å²) in [7, 11) is 0. The molecule has 0 radical (unpaired) electrons. The van der Waals surface area contributed by atoms with Crippen molar-refractivity contribution in [2.24, 2.45) is 0 Å². The maximum absolute atomic E-state index is 8.98. The van der Waals surface area contributed by atoms with E-state index in [9.17, 15) is 0 Å². The second-order valence-electron chi connectivity index (χ2n) is 0.226. The van der Waals surface area contributed by atoms with E-state index in [1.54, 1.807) is 0 Å². The van der Waals surface area contributed by atoms with Crippen LogP contribution in [-0.4, -0.2) is 4.70 Å². The molecule has 40 valence electrons. The molecule has 5 heteroatoms. The van der Waals surface area contributed by atoms with Gasteiger partial charge in [-0.2, -0.15) is 0 Å². The van der Waals surface area contributed by atoms with Crippen molar-refractivity contribution in [3.63, 3.8) is 0 Å². The Kier molecular flexibility index (Phi) is 24.5. The lowest BCUT2D eigenvalue weighted by molar-refractivity contribution is 0.275. The van der Waals surface area contributed by atoms with E-state index in [1.807, 2.05) is 0 Å². The van der Waals surface area contributed by atoms with E-state index in [0.29, 0.717) is 0 Å². The molecule has 0 heterocycles. The van der Waals surface area contributed by atoms with E-state index in [0.717, 1.165) is 0 Å². The first-order valence-electron chi connectivity index (χ1n) is 0.582. The lowest BCUT2D eigenvalue weighted by Crippen LogP contribution is -1.46. The Morgan fingerprint density at radius 2 is 1.17 bits per heavy atom. The zero-order valence-corrected chi connectivity index (χ0v) is 5.63. The Labute approximate surface area is 57.8 Å². The van der Waals surface area contributed by atoms with E-state index in [1.165, 1.54) is 0 Å². The fourth-order valence-corrected chi connectivity index (χ4v) is 0. The summed E-state index contributed by atoms with van der Waals surface area (Å²) in [6.45, 7) is 0. The van der Waals surface area contributed by atoms with Gasteiger partial charge in [0.1, 0.15) is 0 Å². The molecule has 0 spiro atoms. The maximum atomic E-state index is 8.98. The van der Waals surface area contributed by atoms with Gasteiger partial charge >= 0.3 is 4.70 Å². The number of rotatable bonds is 0. The summed E-state index contributed by atoms with van der Waals surface area (Å²) in [6.07, 6.45) is 0. The maximum Gasteiger partial charge on any atom is 0.313 e. The average molecular weight is 172 g/mol. The molecule has 0 bridgehead atoms. The number of hydrogen-bond donors (Lipinski definition) is 0. The van der Waals surface area contributed by atoms with Gasteiger partial charge in [0.25, 0.3) is 0 Å². The third kappa shape index (κ3) is 103. The molecule has 0 rings (SSSR count). The predicted octanol–water partition coefficient (Wildman–Crippen LogP) is 2.43. The van der Waals surface area contributed by atoms with Crippen LogP contribution in [0.25, 0.3) is 0 Å². The van der Waals surface area contributed by atoms with Gasteiger partial charge in [-0.15, -0.1) is 24.8 Å². The minimum atomic E-state index is -0.889. The van der Waals surface area contributed by atoms with Crippen molar-refractivity contribution in [3.8, 4) is 0 Å². The second-order valence-corrected chi connectivity index (χ2v) is 1.11. The van der Waals surface area contributed by atoms with Crippen LogP contribution in [0, 0.1) is 0 Å². The topological polar surface area (TPSA) is 17.1 Å². The highest BCUT2D eigenvalue weighted by Crippen LogP contribution is 1.84. The van der Waals surface area contributed by atoms with E-state index in [2.05, 4.69) is 23.2 Å². The Bertz CT molecular complexity index is 30.5. The summed E-state index contributed by atoms with van der Waals surface area (Å²) in [5.41, 5.74) is 0. The van der Waals surface area contributed by atoms with Gasteiger partial charge in [0, 0.05) is 0 Å². The minimum Gasteiger partial charge on any atom is -0.262 e. The zero-order valence-electron chi connectivity index (χ0n) is 2.48. The molecule has 0 saturated heterocycles. The quantitative estimate of drug-likeness (QED) is 0.512. The van der Waals surface area contributed by atoms with Gasteiger partial charge in [-0.3, -0.25) is 4.79 Å². The minimum absolute atomic E-state index is 0. The number of carbonyl (C=O) groups is 1. The van der Waals surface area contributed by atoms with Crippen molar-refractivity contribution in [2.75, 3.05) is 0 Å².